The van der Waals surface area contributed by atoms with E-state index >= 15 is 0 Å². The third-order valence-corrected chi connectivity index (χ3v) is 5.18. The van der Waals surface area contributed by atoms with Crippen molar-refractivity contribution < 1.29 is 29.1 Å². The molecular formula is C20H23N3O6. The first kappa shape index (κ1) is 20.5. The molecule has 3 N–H and O–H groups in total. The van der Waals surface area contributed by atoms with E-state index in [1.807, 2.05) is 0 Å². The summed E-state index contributed by atoms with van der Waals surface area (Å²) in [6.07, 6.45) is 0.414. The third kappa shape index (κ3) is 3.98. The summed E-state index contributed by atoms with van der Waals surface area (Å²) in [7, 11) is 0. The maximum absolute atomic E-state index is 12.8. The first-order valence-corrected chi connectivity index (χ1v) is 9.30. The van der Waals surface area contributed by atoms with Gasteiger partial charge < -0.3 is 15.3 Å². The quantitative estimate of drug-likeness (QED) is 0.636. The van der Waals surface area contributed by atoms with E-state index in [0.29, 0.717) is 11.1 Å². The third-order valence-electron chi connectivity index (χ3n) is 5.18. The molecule has 3 rings (SSSR count). The lowest BCUT2D eigenvalue weighted by atomic mass is 9.86. The van der Waals surface area contributed by atoms with Crippen molar-refractivity contribution in [1.82, 2.24) is 15.5 Å². The van der Waals surface area contributed by atoms with E-state index in [4.69, 9.17) is 0 Å². The molecule has 2 aliphatic heterocycles. The molecule has 4 amide bonds. The minimum atomic E-state index is -1.15. The second kappa shape index (κ2) is 7.31. The Balaban J connectivity index is 1.80. The van der Waals surface area contributed by atoms with E-state index in [-0.39, 0.29) is 30.9 Å². The Morgan fingerprint density at radius 2 is 1.93 bits per heavy atom. The zero-order chi connectivity index (χ0) is 21.5. The highest BCUT2D eigenvalue weighted by Crippen LogP contribution is 2.28. The molecule has 2 heterocycles. The Kier molecular flexibility index (Phi) is 5.16. The molecule has 0 saturated carbocycles. The average molecular weight is 401 g/mol. The number of aliphatic carboxylic acids is 1. The van der Waals surface area contributed by atoms with Crippen molar-refractivity contribution >= 4 is 29.6 Å². The van der Waals surface area contributed by atoms with Crippen molar-refractivity contribution in [3.63, 3.8) is 0 Å². The lowest BCUT2D eigenvalue weighted by Gasteiger charge is -2.29. The fourth-order valence-corrected chi connectivity index (χ4v) is 3.56. The molecule has 9 heteroatoms. The number of nitrogens with zero attached hydrogens (tertiary/aromatic N) is 1. The van der Waals surface area contributed by atoms with Crippen molar-refractivity contribution in [1.29, 1.82) is 0 Å². The van der Waals surface area contributed by atoms with Crippen LogP contribution in [0.1, 0.15) is 59.9 Å². The molecule has 29 heavy (non-hydrogen) atoms. The number of amides is 4. The molecule has 154 valence electrons. The van der Waals surface area contributed by atoms with E-state index in [0.717, 1.165) is 0 Å². The maximum atomic E-state index is 12.8. The smallest absolute Gasteiger partial charge is 0.326 e. The minimum Gasteiger partial charge on any atom is -0.480 e. The highest BCUT2D eigenvalue weighted by atomic mass is 16.4. The predicted octanol–water partition coefficient (Wildman–Crippen LogP) is 0.677. The largest absolute Gasteiger partial charge is 0.480 e. The molecule has 0 aromatic heterocycles. The van der Waals surface area contributed by atoms with Crippen LogP contribution >= 0.6 is 0 Å². The normalized spacial score (nSPS) is 20.2. The van der Waals surface area contributed by atoms with E-state index in [9.17, 15) is 29.1 Å². The first-order valence-electron chi connectivity index (χ1n) is 9.30. The number of imide groups is 1. The van der Waals surface area contributed by atoms with Crippen molar-refractivity contribution in [3.05, 3.63) is 34.9 Å². The molecule has 1 aromatic carbocycles. The number of fused-ring (bicyclic) bond motifs is 1. The second-order valence-corrected chi connectivity index (χ2v) is 8.38. The van der Waals surface area contributed by atoms with Crippen LogP contribution in [0.5, 0.6) is 0 Å². The Morgan fingerprint density at radius 1 is 1.24 bits per heavy atom. The van der Waals surface area contributed by atoms with Crippen LogP contribution in [0.3, 0.4) is 0 Å². The van der Waals surface area contributed by atoms with Crippen LogP contribution in [0.25, 0.3) is 0 Å². The van der Waals surface area contributed by atoms with Gasteiger partial charge in [-0.05, 0) is 29.5 Å². The summed E-state index contributed by atoms with van der Waals surface area (Å²) < 4.78 is 0. The minimum absolute atomic E-state index is 0.160. The summed E-state index contributed by atoms with van der Waals surface area (Å²) in [5.74, 6) is -3.00. The Hall–Kier alpha value is -3.23. The lowest BCUT2D eigenvalue weighted by Crippen LogP contribution is -2.52. The zero-order valence-electron chi connectivity index (χ0n) is 16.4. The van der Waals surface area contributed by atoms with Crippen LogP contribution in [0.2, 0.25) is 0 Å². The number of benzene rings is 1. The Labute approximate surface area is 167 Å². The summed E-state index contributed by atoms with van der Waals surface area (Å²) in [6, 6.07) is 2.74. The SMILES string of the molecule is CC(C)(C)[C@H](NC(=O)c1ccc2c(c1)C(=O)N(C1CCC(=O)NC1=O)C2)C(=O)O. The number of carbonyl (C=O) groups excluding carboxylic acids is 4. The molecule has 1 aromatic rings. The highest BCUT2D eigenvalue weighted by molar-refractivity contribution is 6.06. The molecule has 9 nitrogen and oxygen atoms in total. The van der Waals surface area contributed by atoms with Crippen LogP contribution < -0.4 is 10.6 Å². The van der Waals surface area contributed by atoms with Crippen molar-refractivity contribution in [3.8, 4) is 0 Å². The summed E-state index contributed by atoms with van der Waals surface area (Å²) >= 11 is 0. The fraction of sp³-hybridized carbons (Fsp3) is 0.450. The van der Waals surface area contributed by atoms with E-state index < -0.39 is 41.2 Å². The van der Waals surface area contributed by atoms with Gasteiger partial charge in [0, 0.05) is 24.1 Å². The number of hydrogen-bond acceptors (Lipinski definition) is 5. The van der Waals surface area contributed by atoms with Gasteiger partial charge in [-0.15, -0.1) is 0 Å². The number of nitrogens with one attached hydrogen (secondary N) is 2. The molecular weight excluding hydrogens is 378 g/mol. The standard InChI is InChI=1S/C20H23N3O6/c1-20(2,3)15(19(28)29)22-16(25)10-4-5-11-9-23(18(27)12(11)8-10)13-6-7-14(24)21-17(13)26/h4-5,8,13,15H,6-7,9H2,1-3H3,(H,22,25)(H,28,29)(H,21,24,26)/t13?,15-/m1/s1. The number of carboxylic acid groups (broad SMARTS) is 1. The van der Waals surface area contributed by atoms with Crippen LogP contribution in [-0.4, -0.2) is 51.7 Å². The molecule has 1 saturated heterocycles. The molecule has 2 atom stereocenters. The zero-order valence-corrected chi connectivity index (χ0v) is 16.4. The second-order valence-electron chi connectivity index (χ2n) is 8.38. The van der Waals surface area contributed by atoms with Crippen LogP contribution in [0.4, 0.5) is 0 Å². The van der Waals surface area contributed by atoms with Gasteiger partial charge in [0.15, 0.2) is 0 Å². The Morgan fingerprint density at radius 3 is 2.52 bits per heavy atom. The van der Waals surface area contributed by atoms with Gasteiger partial charge in [-0.2, -0.15) is 0 Å². The number of hydrogen-bond donors (Lipinski definition) is 3. The summed E-state index contributed by atoms with van der Waals surface area (Å²) in [5.41, 5.74) is 0.431. The predicted molar refractivity (Wildman–Crippen MR) is 101 cm³/mol. The van der Waals surface area contributed by atoms with E-state index in [2.05, 4.69) is 10.6 Å². The van der Waals surface area contributed by atoms with Gasteiger partial charge in [-0.3, -0.25) is 24.5 Å². The number of piperidine rings is 1. The van der Waals surface area contributed by atoms with Crippen molar-refractivity contribution in [2.75, 3.05) is 0 Å². The van der Waals surface area contributed by atoms with Crippen molar-refractivity contribution in [2.24, 2.45) is 5.41 Å². The molecule has 0 bridgehead atoms. The first-order chi connectivity index (χ1) is 13.5. The average Bonchev–Trinajstić information content (AvgIpc) is 2.94. The molecule has 0 spiro atoms. The summed E-state index contributed by atoms with van der Waals surface area (Å²) in [4.78, 5) is 61.7. The highest BCUT2D eigenvalue weighted by Gasteiger charge is 2.39. The van der Waals surface area contributed by atoms with Crippen LogP contribution in [0.15, 0.2) is 18.2 Å². The summed E-state index contributed by atoms with van der Waals surface area (Å²) in [5, 5.41) is 14.1. The topological polar surface area (TPSA) is 133 Å². The van der Waals surface area contributed by atoms with Gasteiger partial charge in [0.1, 0.15) is 12.1 Å². The lowest BCUT2D eigenvalue weighted by molar-refractivity contribution is -0.142. The van der Waals surface area contributed by atoms with Gasteiger partial charge in [0.2, 0.25) is 11.8 Å². The number of rotatable bonds is 4. The number of carboxylic acids is 1. The van der Waals surface area contributed by atoms with Crippen LogP contribution in [0, 0.1) is 5.41 Å². The molecule has 1 unspecified atom stereocenters. The van der Waals surface area contributed by atoms with E-state index in [1.54, 1.807) is 26.8 Å². The van der Waals surface area contributed by atoms with Gasteiger partial charge in [0.25, 0.3) is 11.8 Å². The monoisotopic (exact) mass is 401 g/mol. The van der Waals surface area contributed by atoms with Gasteiger partial charge in [-0.1, -0.05) is 26.8 Å². The molecule has 0 aliphatic carbocycles. The number of carbonyl (C=O) groups is 5. The molecule has 1 fully saturated rings. The maximum Gasteiger partial charge on any atom is 0.326 e. The van der Waals surface area contributed by atoms with Crippen LogP contribution in [-0.2, 0) is 20.9 Å². The van der Waals surface area contributed by atoms with Crippen molar-refractivity contribution in [2.45, 2.75) is 52.2 Å². The molecule has 0 radical (unpaired) electrons. The van der Waals surface area contributed by atoms with E-state index in [1.165, 1.54) is 17.0 Å². The Bertz CT molecular complexity index is 917. The van der Waals surface area contributed by atoms with Gasteiger partial charge in [-0.25, -0.2) is 4.79 Å². The fourth-order valence-electron chi connectivity index (χ4n) is 3.56. The summed E-state index contributed by atoms with van der Waals surface area (Å²) in [6.45, 7) is 5.32. The van der Waals surface area contributed by atoms with Gasteiger partial charge >= 0.3 is 5.97 Å². The van der Waals surface area contributed by atoms with Gasteiger partial charge in [0.05, 0.1) is 0 Å². The molecule has 2 aliphatic rings.